The van der Waals surface area contributed by atoms with Crippen LogP contribution >= 0.6 is 0 Å². The topological polar surface area (TPSA) is 95.9 Å². The molecule has 0 spiro atoms. The average molecular weight is 471 g/mol. The lowest BCUT2D eigenvalue weighted by atomic mass is 9.91. The molecule has 5 rings (SSSR count). The number of likely N-dealkylation sites (tertiary alicyclic amines) is 1. The van der Waals surface area contributed by atoms with Gasteiger partial charge in [0.2, 0.25) is 0 Å². The molecule has 1 fully saturated rings. The summed E-state index contributed by atoms with van der Waals surface area (Å²) in [7, 11) is 0. The number of carbonyl (C=O) groups excluding carboxylic acids is 2. The van der Waals surface area contributed by atoms with Crippen LogP contribution in [0.2, 0.25) is 0 Å². The molecule has 1 aliphatic heterocycles. The minimum atomic E-state index is -0.0781. The number of unbranched alkanes of at least 4 members (excludes halogenated alkanes) is 1. The standard InChI is InChI=1S/C27H30N6O2/c34-26(25-18-22-19-28-14-9-24(22)31-25)29-12-2-1-4-20-10-16-32(17-11-20)27(35)21-5-7-23(8-6-21)33-15-3-13-30-33/h3,5-9,13-15,18-20,31H,1-2,4,10-12,16-17H2,(H,29,34). The number of rotatable bonds is 8. The molecule has 0 aliphatic carbocycles. The smallest absolute Gasteiger partial charge is 0.267 e. The monoisotopic (exact) mass is 470 g/mol. The number of hydrogen-bond donors (Lipinski definition) is 2. The number of benzene rings is 1. The van der Waals surface area contributed by atoms with Crippen LogP contribution in [0.3, 0.4) is 0 Å². The van der Waals surface area contributed by atoms with Crippen molar-refractivity contribution in [2.45, 2.75) is 32.1 Å². The Labute approximate surface area is 204 Å². The van der Waals surface area contributed by atoms with E-state index < -0.39 is 0 Å². The van der Waals surface area contributed by atoms with Crippen molar-refractivity contribution in [3.63, 3.8) is 0 Å². The molecule has 1 aromatic carbocycles. The first-order chi connectivity index (χ1) is 17.2. The fourth-order valence-corrected chi connectivity index (χ4v) is 4.74. The Hall–Kier alpha value is -3.94. The number of aromatic nitrogens is 4. The first kappa shape index (κ1) is 22.8. The minimum Gasteiger partial charge on any atom is -0.351 e. The molecule has 1 saturated heterocycles. The quantitative estimate of drug-likeness (QED) is 0.377. The number of H-pyrrole nitrogens is 1. The summed E-state index contributed by atoms with van der Waals surface area (Å²) >= 11 is 0. The molecule has 3 aromatic heterocycles. The number of nitrogens with one attached hydrogen (secondary N) is 2. The lowest BCUT2D eigenvalue weighted by Gasteiger charge is -2.32. The predicted octanol–water partition coefficient (Wildman–Crippen LogP) is 4.20. The summed E-state index contributed by atoms with van der Waals surface area (Å²) in [5.41, 5.74) is 3.16. The van der Waals surface area contributed by atoms with Crippen molar-refractivity contribution in [2.24, 2.45) is 5.92 Å². The van der Waals surface area contributed by atoms with Gasteiger partial charge in [0.05, 0.1) is 5.69 Å². The number of pyridine rings is 1. The average Bonchev–Trinajstić information content (AvgIpc) is 3.59. The maximum absolute atomic E-state index is 12.9. The van der Waals surface area contributed by atoms with E-state index in [1.54, 1.807) is 23.3 Å². The SMILES string of the molecule is O=C(NCCCCC1CCN(C(=O)c2ccc(-n3cccn3)cc2)CC1)c1cc2cnccc2[nH]1. The molecular formula is C27H30N6O2. The van der Waals surface area contributed by atoms with Crippen molar-refractivity contribution >= 4 is 22.7 Å². The summed E-state index contributed by atoms with van der Waals surface area (Å²) in [6.07, 6.45) is 12.3. The molecule has 0 unspecified atom stereocenters. The summed E-state index contributed by atoms with van der Waals surface area (Å²) in [4.78, 5) is 34.5. The molecule has 0 radical (unpaired) electrons. The first-order valence-corrected chi connectivity index (χ1v) is 12.3. The Morgan fingerprint density at radius 2 is 1.89 bits per heavy atom. The van der Waals surface area contributed by atoms with Crippen LogP contribution in [0.15, 0.2) is 67.3 Å². The van der Waals surface area contributed by atoms with E-state index in [4.69, 9.17) is 0 Å². The number of aromatic amines is 1. The Kier molecular flexibility index (Phi) is 6.88. The van der Waals surface area contributed by atoms with Gasteiger partial charge in [0, 0.05) is 60.9 Å². The molecule has 8 heteroatoms. The van der Waals surface area contributed by atoms with Gasteiger partial charge in [0.15, 0.2) is 0 Å². The third-order valence-corrected chi connectivity index (χ3v) is 6.78. The van der Waals surface area contributed by atoms with E-state index in [9.17, 15) is 9.59 Å². The second-order valence-corrected chi connectivity index (χ2v) is 9.13. The molecular weight excluding hydrogens is 440 g/mol. The number of piperidine rings is 1. The lowest BCUT2D eigenvalue weighted by molar-refractivity contribution is 0.0686. The highest BCUT2D eigenvalue weighted by atomic mass is 16.2. The van der Waals surface area contributed by atoms with Crippen LogP contribution < -0.4 is 5.32 Å². The van der Waals surface area contributed by atoms with Crippen molar-refractivity contribution in [1.82, 2.24) is 30.0 Å². The van der Waals surface area contributed by atoms with Crippen molar-refractivity contribution in [1.29, 1.82) is 0 Å². The van der Waals surface area contributed by atoms with Crippen LogP contribution in [0.1, 0.15) is 53.0 Å². The van der Waals surface area contributed by atoms with E-state index in [0.717, 1.165) is 67.3 Å². The fourth-order valence-electron chi connectivity index (χ4n) is 4.74. The summed E-state index contributed by atoms with van der Waals surface area (Å²) in [6, 6.07) is 13.2. The molecule has 180 valence electrons. The number of fused-ring (bicyclic) bond motifs is 1. The second kappa shape index (κ2) is 10.5. The molecule has 4 aromatic rings. The summed E-state index contributed by atoms with van der Waals surface area (Å²) in [5, 5.41) is 8.16. The minimum absolute atomic E-state index is 0.0781. The molecule has 0 atom stereocenters. The maximum Gasteiger partial charge on any atom is 0.267 e. The van der Waals surface area contributed by atoms with Gasteiger partial charge in [-0.05, 0) is 67.6 Å². The normalized spacial score (nSPS) is 14.3. The van der Waals surface area contributed by atoms with Gasteiger partial charge in [0.25, 0.3) is 11.8 Å². The molecule has 2 N–H and O–H groups in total. The van der Waals surface area contributed by atoms with Crippen molar-refractivity contribution < 1.29 is 9.59 Å². The van der Waals surface area contributed by atoms with E-state index in [0.29, 0.717) is 18.2 Å². The maximum atomic E-state index is 12.9. The molecule has 1 aliphatic rings. The molecule has 35 heavy (non-hydrogen) atoms. The van der Waals surface area contributed by atoms with E-state index in [2.05, 4.69) is 20.4 Å². The second-order valence-electron chi connectivity index (χ2n) is 9.13. The highest BCUT2D eigenvalue weighted by molar-refractivity contribution is 5.97. The number of carbonyl (C=O) groups is 2. The zero-order valence-electron chi connectivity index (χ0n) is 19.7. The predicted molar refractivity (Wildman–Crippen MR) is 134 cm³/mol. The van der Waals surface area contributed by atoms with Gasteiger partial charge in [-0.1, -0.05) is 12.8 Å². The summed E-state index contributed by atoms with van der Waals surface area (Å²) in [5.74, 6) is 0.662. The molecule has 4 heterocycles. The Bertz CT molecular complexity index is 1240. The fraction of sp³-hybridized carbons (Fsp3) is 0.333. The van der Waals surface area contributed by atoms with Crippen LogP contribution in [-0.4, -0.2) is 56.1 Å². The molecule has 2 amide bonds. The third-order valence-electron chi connectivity index (χ3n) is 6.78. The summed E-state index contributed by atoms with van der Waals surface area (Å²) < 4.78 is 1.78. The van der Waals surface area contributed by atoms with Gasteiger partial charge < -0.3 is 15.2 Å². The first-order valence-electron chi connectivity index (χ1n) is 12.3. The molecule has 8 nitrogen and oxygen atoms in total. The van der Waals surface area contributed by atoms with Crippen LogP contribution in [0.5, 0.6) is 0 Å². The van der Waals surface area contributed by atoms with Gasteiger partial charge in [-0.2, -0.15) is 5.10 Å². The largest absolute Gasteiger partial charge is 0.351 e. The Balaban J connectivity index is 1.00. The molecule has 0 bridgehead atoms. The highest BCUT2D eigenvalue weighted by Gasteiger charge is 2.23. The van der Waals surface area contributed by atoms with E-state index in [1.165, 1.54) is 0 Å². The van der Waals surface area contributed by atoms with Crippen molar-refractivity contribution in [2.75, 3.05) is 19.6 Å². The van der Waals surface area contributed by atoms with Crippen molar-refractivity contribution in [3.8, 4) is 5.69 Å². The Morgan fingerprint density at radius 3 is 2.63 bits per heavy atom. The lowest BCUT2D eigenvalue weighted by Crippen LogP contribution is -2.38. The highest BCUT2D eigenvalue weighted by Crippen LogP contribution is 2.24. The number of hydrogen-bond acceptors (Lipinski definition) is 4. The zero-order chi connectivity index (χ0) is 24.0. The van der Waals surface area contributed by atoms with Crippen LogP contribution in [-0.2, 0) is 0 Å². The van der Waals surface area contributed by atoms with Gasteiger partial charge >= 0.3 is 0 Å². The Morgan fingerprint density at radius 1 is 1.06 bits per heavy atom. The number of amides is 2. The van der Waals surface area contributed by atoms with Gasteiger partial charge in [0.1, 0.15) is 5.69 Å². The van der Waals surface area contributed by atoms with Gasteiger partial charge in [-0.25, -0.2) is 4.68 Å². The molecule has 0 saturated carbocycles. The van der Waals surface area contributed by atoms with Gasteiger partial charge in [-0.15, -0.1) is 0 Å². The summed E-state index contributed by atoms with van der Waals surface area (Å²) in [6.45, 7) is 2.27. The van der Waals surface area contributed by atoms with Crippen LogP contribution in [0.25, 0.3) is 16.6 Å². The van der Waals surface area contributed by atoms with Crippen LogP contribution in [0.4, 0.5) is 0 Å². The van der Waals surface area contributed by atoms with E-state index in [-0.39, 0.29) is 11.8 Å². The van der Waals surface area contributed by atoms with Crippen molar-refractivity contribution in [3.05, 3.63) is 78.5 Å². The van der Waals surface area contributed by atoms with Crippen LogP contribution in [0, 0.1) is 5.92 Å². The van der Waals surface area contributed by atoms with E-state index >= 15 is 0 Å². The third kappa shape index (κ3) is 5.42. The zero-order valence-corrected chi connectivity index (χ0v) is 19.7. The van der Waals surface area contributed by atoms with Gasteiger partial charge in [-0.3, -0.25) is 14.6 Å². The number of nitrogens with zero attached hydrogens (tertiary/aromatic N) is 4. The van der Waals surface area contributed by atoms with E-state index in [1.807, 2.05) is 53.6 Å².